The summed E-state index contributed by atoms with van der Waals surface area (Å²) in [5.41, 5.74) is 1.17. The topological polar surface area (TPSA) is 108 Å². The molecule has 0 fully saturated rings. The average molecular weight is 582 g/mol. The molecule has 8 heteroatoms. The molecule has 2 aromatic rings. The number of aryl methyl sites for hydroxylation is 1. The minimum atomic E-state index is -1.03. The van der Waals surface area contributed by atoms with Crippen LogP contribution in [-0.2, 0) is 20.7 Å². The first-order valence-corrected chi connectivity index (χ1v) is 14.8. The van der Waals surface area contributed by atoms with Crippen molar-refractivity contribution >= 4 is 17.9 Å². The van der Waals surface area contributed by atoms with Crippen LogP contribution >= 0.6 is 0 Å². The van der Waals surface area contributed by atoms with Crippen LogP contribution in [0.25, 0.3) is 0 Å². The smallest absolute Gasteiger partial charge is 0.408 e. The number of rotatable bonds is 11. The fraction of sp³-hybridized carbons (Fsp3) is 0.559. The molecule has 3 amide bonds. The first kappa shape index (κ1) is 34.7. The van der Waals surface area contributed by atoms with Crippen molar-refractivity contribution in [1.29, 1.82) is 0 Å². The molecule has 2 rings (SSSR count). The molecule has 3 N–H and O–H groups in total. The number of benzene rings is 2. The van der Waals surface area contributed by atoms with Crippen LogP contribution in [-0.4, -0.2) is 51.1 Å². The standard InChI is InChI=1S/C34H51N3O5/c1-22(2)11-14-24(4)37(29(30(39)36-33(5,6)7)26-17-12-23(3)13-18-26)31(40)28(35-32(41)42-34(8,9)10)21-25-15-19-27(38)20-16-25/h12-13,15-20,22,24,28-29,38H,11,14,21H2,1-10H3,(H,35,41)(H,36,39). The highest BCUT2D eigenvalue weighted by atomic mass is 16.6. The molecule has 0 aromatic heterocycles. The highest BCUT2D eigenvalue weighted by Gasteiger charge is 2.39. The third kappa shape index (κ3) is 11.4. The van der Waals surface area contributed by atoms with Crippen molar-refractivity contribution in [2.75, 3.05) is 0 Å². The molecule has 3 atom stereocenters. The van der Waals surface area contributed by atoms with Crippen LogP contribution in [0.2, 0.25) is 0 Å². The van der Waals surface area contributed by atoms with Crippen molar-refractivity contribution in [3.63, 3.8) is 0 Å². The molecule has 0 heterocycles. The summed E-state index contributed by atoms with van der Waals surface area (Å²) in [6.07, 6.45) is 0.954. The molecular formula is C34H51N3O5. The van der Waals surface area contributed by atoms with Gasteiger partial charge in [-0.25, -0.2) is 4.79 Å². The zero-order valence-electron chi connectivity index (χ0n) is 27.1. The van der Waals surface area contributed by atoms with Gasteiger partial charge < -0.3 is 25.4 Å². The van der Waals surface area contributed by atoms with Gasteiger partial charge in [-0.05, 0) is 97.4 Å². The van der Waals surface area contributed by atoms with Crippen molar-refractivity contribution in [2.24, 2.45) is 5.92 Å². The Morgan fingerprint density at radius 1 is 0.881 bits per heavy atom. The molecule has 0 aliphatic heterocycles. The van der Waals surface area contributed by atoms with Crippen molar-refractivity contribution in [3.05, 3.63) is 65.2 Å². The van der Waals surface area contributed by atoms with E-state index in [0.29, 0.717) is 17.9 Å². The Hall–Kier alpha value is -3.55. The summed E-state index contributed by atoms with van der Waals surface area (Å²) in [4.78, 5) is 43.3. The molecule has 3 unspecified atom stereocenters. The number of hydrogen-bond donors (Lipinski definition) is 3. The van der Waals surface area contributed by atoms with Crippen molar-refractivity contribution in [2.45, 2.75) is 118 Å². The summed E-state index contributed by atoms with van der Waals surface area (Å²) >= 11 is 0. The number of carbonyl (C=O) groups is 3. The summed E-state index contributed by atoms with van der Waals surface area (Å²) in [5, 5.41) is 15.7. The lowest BCUT2D eigenvalue weighted by Crippen LogP contribution is -2.57. The minimum Gasteiger partial charge on any atom is -0.508 e. The Balaban J connectivity index is 2.66. The Morgan fingerprint density at radius 2 is 1.45 bits per heavy atom. The Labute approximate surface area is 252 Å². The quantitative estimate of drug-likeness (QED) is 0.283. The first-order valence-electron chi connectivity index (χ1n) is 14.8. The van der Waals surface area contributed by atoms with E-state index in [0.717, 1.165) is 17.5 Å². The van der Waals surface area contributed by atoms with Crippen LogP contribution in [0.1, 0.15) is 97.9 Å². The van der Waals surface area contributed by atoms with Crippen molar-refractivity contribution < 1.29 is 24.2 Å². The van der Waals surface area contributed by atoms with E-state index in [1.807, 2.05) is 58.9 Å². The van der Waals surface area contributed by atoms with Crippen LogP contribution in [0, 0.1) is 12.8 Å². The molecular weight excluding hydrogens is 530 g/mol. The van der Waals surface area contributed by atoms with Gasteiger partial charge in [0.25, 0.3) is 0 Å². The van der Waals surface area contributed by atoms with Gasteiger partial charge in [0.05, 0.1) is 0 Å². The molecule has 0 bridgehead atoms. The second kappa shape index (κ2) is 14.6. The fourth-order valence-electron chi connectivity index (χ4n) is 4.64. The summed E-state index contributed by atoms with van der Waals surface area (Å²) in [5.74, 6) is -0.182. The molecule has 8 nitrogen and oxygen atoms in total. The number of amides is 3. The van der Waals surface area contributed by atoms with E-state index in [-0.39, 0.29) is 30.0 Å². The molecule has 0 saturated carbocycles. The van der Waals surface area contributed by atoms with Gasteiger partial charge in [0.15, 0.2) is 0 Å². The van der Waals surface area contributed by atoms with Gasteiger partial charge in [0.1, 0.15) is 23.4 Å². The van der Waals surface area contributed by atoms with E-state index < -0.39 is 29.3 Å². The molecule has 0 radical (unpaired) electrons. The SMILES string of the molecule is Cc1ccc(C(C(=O)NC(C)(C)C)N(C(=O)C(Cc2ccc(O)cc2)NC(=O)OC(C)(C)C)C(C)CCC(C)C)cc1. The third-order valence-corrected chi connectivity index (χ3v) is 6.67. The monoisotopic (exact) mass is 581 g/mol. The lowest BCUT2D eigenvalue weighted by atomic mass is 9.95. The van der Waals surface area contributed by atoms with Gasteiger partial charge in [-0.1, -0.05) is 55.8 Å². The Kier molecular flexibility index (Phi) is 12.0. The highest BCUT2D eigenvalue weighted by Crippen LogP contribution is 2.29. The lowest BCUT2D eigenvalue weighted by molar-refractivity contribution is -0.145. The Bertz CT molecular complexity index is 1180. The predicted octanol–water partition coefficient (Wildman–Crippen LogP) is 6.45. The number of ether oxygens (including phenoxy) is 1. The second-order valence-corrected chi connectivity index (χ2v) is 13.7. The number of phenols is 1. The number of phenolic OH excluding ortho intramolecular Hbond substituents is 1. The fourth-order valence-corrected chi connectivity index (χ4v) is 4.64. The number of nitrogens with zero attached hydrogens (tertiary/aromatic N) is 1. The molecule has 232 valence electrons. The summed E-state index contributed by atoms with van der Waals surface area (Å²) in [6.45, 7) is 19.2. The van der Waals surface area contributed by atoms with Gasteiger partial charge in [0.2, 0.25) is 11.8 Å². The molecule has 0 aliphatic rings. The number of nitrogens with one attached hydrogen (secondary N) is 2. The lowest BCUT2D eigenvalue weighted by Gasteiger charge is -2.40. The largest absolute Gasteiger partial charge is 0.508 e. The van der Waals surface area contributed by atoms with E-state index in [4.69, 9.17) is 4.74 Å². The van der Waals surface area contributed by atoms with Gasteiger partial charge in [-0.2, -0.15) is 0 Å². The summed E-state index contributed by atoms with van der Waals surface area (Å²) in [7, 11) is 0. The van der Waals surface area contributed by atoms with Crippen LogP contribution < -0.4 is 10.6 Å². The van der Waals surface area contributed by atoms with E-state index in [1.54, 1.807) is 49.9 Å². The third-order valence-electron chi connectivity index (χ3n) is 6.67. The minimum absolute atomic E-state index is 0.101. The summed E-state index contributed by atoms with van der Waals surface area (Å²) < 4.78 is 5.53. The maximum absolute atomic E-state index is 14.7. The second-order valence-electron chi connectivity index (χ2n) is 13.7. The Morgan fingerprint density at radius 3 is 1.95 bits per heavy atom. The normalized spacial score (nSPS) is 14.1. The molecule has 42 heavy (non-hydrogen) atoms. The molecule has 0 spiro atoms. The molecule has 2 aromatic carbocycles. The van der Waals surface area contributed by atoms with Gasteiger partial charge in [-0.3, -0.25) is 9.59 Å². The number of carbonyl (C=O) groups excluding carboxylic acids is 3. The zero-order chi connectivity index (χ0) is 31.8. The summed E-state index contributed by atoms with van der Waals surface area (Å²) in [6, 6.07) is 11.9. The number of aromatic hydroxyl groups is 1. The highest BCUT2D eigenvalue weighted by molar-refractivity contribution is 5.92. The number of hydrogen-bond acceptors (Lipinski definition) is 5. The average Bonchev–Trinajstić information content (AvgIpc) is 2.84. The predicted molar refractivity (Wildman–Crippen MR) is 167 cm³/mol. The van der Waals surface area contributed by atoms with Crippen molar-refractivity contribution in [3.8, 4) is 5.75 Å². The van der Waals surface area contributed by atoms with Crippen LogP contribution in [0.4, 0.5) is 4.79 Å². The van der Waals surface area contributed by atoms with Gasteiger partial charge in [-0.15, -0.1) is 0 Å². The van der Waals surface area contributed by atoms with Crippen LogP contribution in [0.3, 0.4) is 0 Å². The maximum atomic E-state index is 14.7. The van der Waals surface area contributed by atoms with Gasteiger partial charge >= 0.3 is 6.09 Å². The molecule has 0 saturated heterocycles. The molecule has 0 aliphatic carbocycles. The van der Waals surface area contributed by atoms with E-state index in [9.17, 15) is 19.5 Å². The van der Waals surface area contributed by atoms with Crippen molar-refractivity contribution in [1.82, 2.24) is 15.5 Å². The van der Waals surface area contributed by atoms with E-state index in [2.05, 4.69) is 24.5 Å². The van der Waals surface area contributed by atoms with E-state index in [1.165, 1.54) is 0 Å². The maximum Gasteiger partial charge on any atom is 0.408 e. The van der Waals surface area contributed by atoms with E-state index >= 15 is 0 Å². The number of alkyl carbamates (subject to hydrolysis) is 1. The van der Waals surface area contributed by atoms with Crippen LogP contribution in [0.5, 0.6) is 5.75 Å². The first-order chi connectivity index (χ1) is 19.4. The van der Waals surface area contributed by atoms with Crippen LogP contribution in [0.15, 0.2) is 48.5 Å². The zero-order valence-corrected chi connectivity index (χ0v) is 27.1. The van der Waals surface area contributed by atoms with Gasteiger partial charge in [0, 0.05) is 18.0 Å².